The number of aromatic nitrogens is 1. The number of aryl methyl sites for hydroxylation is 1. The first-order valence-electron chi connectivity index (χ1n) is 8.76. The van der Waals surface area contributed by atoms with E-state index in [2.05, 4.69) is 39.9 Å². The van der Waals surface area contributed by atoms with Crippen LogP contribution in [0, 0.1) is 6.92 Å². The third-order valence-corrected chi connectivity index (χ3v) is 5.34. The monoisotopic (exact) mass is 345 g/mol. The van der Waals surface area contributed by atoms with Gasteiger partial charge in [-0.3, -0.25) is 14.8 Å². The van der Waals surface area contributed by atoms with Crippen molar-refractivity contribution in [2.75, 3.05) is 39.4 Å². The Bertz CT molecular complexity index is 596. The van der Waals surface area contributed by atoms with Crippen LogP contribution < -0.4 is 0 Å². The fourth-order valence-electron chi connectivity index (χ4n) is 3.10. The van der Waals surface area contributed by atoms with E-state index in [9.17, 15) is 0 Å². The molecule has 2 aromatic heterocycles. The summed E-state index contributed by atoms with van der Waals surface area (Å²) in [5, 5.41) is 0. The van der Waals surface area contributed by atoms with E-state index in [1.165, 1.54) is 21.7 Å². The van der Waals surface area contributed by atoms with E-state index in [1.54, 1.807) is 0 Å². The van der Waals surface area contributed by atoms with Crippen LogP contribution in [0.5, 0.6) is 0 Å². The Balaban J connectivity index is 1.54. The molecule has 2 aromatic rings. The van der Waals surface area contributed by atoms with Crippen molar-refractivity contribution in [3.05, 3.63) is 52.0 Å². The molecule has 0 aliphatic carbocycles. The van der Waals surface area contributed by atoms with Crippen LogP contribution in [0.4, 0.5) is 0 Å². The molecule has 5 heteroatoms. The van der Waals surface area contributed by atoms with Gasteiger partial charge < -0.3 is 4.74 Å². The van der Waals surface area contributed by atoms with E-state index in [4.69, 9.17) is 4.74 Å². The minimum atomic E-state index is 0.883. The van der Waals surface area contributed by atoms with Crippen LogP contribution in [0.2, 0.25) is 0 Å². The van der Waals surface area contributed by atoms with Gasteiger partial charge in [-0.05, 0) is 43.7 Å². The van der Waals surface area contributed by atoms with Crippen LogP contribution in [-0.2, 0) is 17.8 Å². The van der Waals surface area contributed by atoms with E-state index in [0.29, 0.717) is 0 Å². The molecule has 1 aliphatic heterocycles. The zero-order chi connectivity index (χ0) is 16.6. The number of hydrogen-bond donors (Lipinski definition) is 0. The second-order valence-electron chi connectivity index (χ2n) is 6.39. The first-order valence-corrected chi connectivity index (χ1v) is 9.58. The van der Waals surface area contributed by atoms with Gasteiger partial charge in [-0.15, -0.1) is 11.3 Å². The highest BCUT2D eigenvalue weighted by atomic mass is 32.1. The number of thiophene rings is 1. The molecule has 0 bridgehead atoms. The molecule has 0 atom stereocenters. The third kappa shape index (κ3) is 5.67. The summed E-state index contributed by atoms with van der Waals surface area (Å²) >= 11 is 1.90. The maximum Gasteiger partial charge on any atom is 0.0594 e. The molecule has 24 heavy (non-hydrogen) atoms. The predicted molar refractivity (Wildman–Crippen MR) is 99.3 cm³/mol. The maximum absolute atomic E-state index is 5.43. The normalized spacial score (nSPS) is 15.9. The lowest BCUT2D eigenvalue weighted by Gasteiger charge is -2.28. The smallest absolute Gasteiger partial charge is 0.0594 e. The zero-order valence-corrected chi connectivity index (χ0v) is 15.3. The van der Waals surface area contributed by atoms with E-state index >= 15 is 0 Å². The molecular formula is C19H27N3OS. The summed E-state index contributed by atoms with van der Waals surface area (Å²) in [4.78, 5) is 12.2. The second kappa shape index (κ2) is 9.28. The van der Waals surface area contributed by atoms with Gasteiger partial charge in [0.15, 0.2) is 0 Å². The van der Waals surface area contributed by atoms with Crippen molar-refractivity contribution in [2.24, 2.45) is 0 Å². The van der Waals surface area contributed by atoms with Crippen LogP contribution in [0.15, 0.2) is 36.7 Å². The molecular weight excluding hydrogens is 318 g/mol. The highest BCUT2D eigenvalue weighted by Gasteiger charge is 2.12. The summed E-state index contributed by atoms with van der Waals surface area (Å²) in [6, 6.07) is 8.67. The molecule has 0 unspecified atom stereocenters. The fraction of sp³-hybridized carbons (Fsp3) is 0.526. The number of morpholine rings is 1. The van der Waals surface area contributed by atoms with Crippen LogP contribution in [0.1, 0.15) is 21.7 Å². The van der Waals surface area contributed by atoms with Crippen LogP contribution >= 0.6 is 11.3 Å². The molecule has 1 saturated heterocycles. The van der Waals surface area contributed by atoms with Gasteiger partial charge in [-0.1, -0.05) is 6.07 Å². The zero-order valence-electron chi connectivity index (χ0n) is 14.5. The lowest BCUT2D eigenvalue weighted by Crippen LogP contribution is -2.38. The predicted octanol–water partition coefficient (Wildman–Crippen LogP) is 3.18. The van der Waals surface area contributed by atoms with Crippen molar-refractivity contribution in [3.63, 3.8) is 0 Å². The summed E-state index contributed by atoms with van der Waals surface area (Å²) in [6.45, 7) is 10.4. The average molecular weight is 346 g/mol. The van der Waals surface area contributed by atoms with Crippen LogP contribution in [0.25, 0.3) is 0 Å². The molecule has 0 amide bonds. The van der Waals surface area contributed by atoms with Gasteiger partial charge in [0, 0.05) is 54.9 Å². The number of rotatable bonds is 8. The molecule has 3 heterocycles. The first-order chi connectivity index (χ1) is 11.8. The maximum atomic E-state index is 5.43. The summed E-state index contributed by atoms with van der Waals surface area (Å²) in [6.07, 6.45) is 5.02. The molecule has 0 spiro atoms. The largest absolute Gasteiger partial charge is 0.379 e. The van der Waals surface area contributed by atoms with Crippen molar-refractivity contribution in [1.82, 2.24) is 14.8 Å². The van der Waals surface area contributed by atoms with Crippen molar-refractivity contribution in [1.29, 1.82) is 0 Å². The van der Waals surface area contributed by atoms with Gasteiger partial charge in [-0.2, -0.15) is 0 Å². The standard InChI is InChI=1S/C19H27N3OS/c1-17-5-6-19(24-17)16-22(15-18-4-2-7-20-14-18)9-3-8-21-10-12-23-13-11-21/h2,4-7,14H,3,8-13,15-16H2,1H3. The Hall–Kier alpha value is -1.27. The molecule has 4 nitrogen and oxygen atoms in total. The summed E-state index contributed by atoms with van der Waals surface area (Å²) in [5.74, 6) is 0. The Morgan fingerprint density at radius 1 is 1.21 bits per heavy atom. The Morgan fingerprint density at radius 3 is 2.79 bits per heavy atom. The number of nitrogens with zero attached hydrogens (tertiary/aromatic N) is 3. The summed E-state index contributed by atoms with van der Waals surface area (Å²) < 4.78 is 5.43. The Kier molecular flexibility index (Phi) is 6.78. The molecule has 3 rings (SSSR count). The Labute approximate surface area is 149 Å². The van der Waals surface area contributed by atoms with Gasteiger partial charge in [0.25, 0.3) is 0 Å². The van der Waals surface area contributed by atoms with Gasteiger partial charge >= 0.3 is 0 Å². The van der Waals surface area contributed by atoms with Gasteiger partial charge in [0.2, 0.25) is 0 Å². The topological polar surface area (TPSA) is 28.6 Å². The lowest BCUT2D eigenvalue weighted by atomic mass is 10.2. The lowest BCUT2D eigenvalue weighted by molar-refractivity contribution is 0.0359. The number of ether oxygens (including phenoxy) is 1. The minimum absolute atomic E-state index is 0.883. The van der Waals surface area contributed by atoms with Crippen molar-refractivity contribution >= 4 is 11.3 Å². The van der Waals surface area contributed by atoms with Crippen molar-refractivity contribution < 1.29 is 4.74 Å². The molecule has 0 radical (unpaired) electrons. The third-order valence-electron chi connectivity index (χ3n) is 4.36. The van der Waals surface area contributed by atoms with Crippen molar-refractivity contribution in [3.8, 4) is 0 Å². The van der Waals surface area contributed by atoms with Gasteiger partial charge in [0.05, 0.1) is 13.2 Å². The quantitative estimate of drug-likeness (QED) is 0.735. The molecule has 0 N–H and O–H groups in total. The van der Waals surface area contributed by atoms with Crippen LogP contribution in [-0.4, -0.2) is 54.2 Å². The fourth-order valence-corrected chi connectivity index (χ4v) is 4.03. The van der Waals surface area contributed by atoms with E-state index in [0.717, 1.165) is 52.5 Å². The van der Waals surface area contributed by atoms with Gasteiger partial charge in [-0.25, -0.2) is 0 Å². The van der Waals surface area contributed by atoms with Crippen LogP contribution in [0.3, 0.4) is 0 Å². The summed E-state index contributed by atoms with van der Waals surface area (Å²) in [5.41, 5.74) is 1.29. The van der Waals surface area contributed by atoms with Gasteiger partial charge in [0.1, 0.15) is 0 Å². The van der Waals surface area contributed by atoms with E-state index in [1.807, 2.05) is 29.8 Å². The molecule has 1 fully saturated rings. The minimum Gasteiger partial charge on any atom is -0.379 e. The molecule has 0 saturated carbocycles. The highest BCUT2D eigenvalue weighted by molar-refractivity contribution is 7.11. The number of hydrogen-bond acceptors (Lipinski definition) is 5. The SMILES string of the molecule is Cc1ccc(CN(CCCN2CCOCC2)Cc2cccnc2)s1. The molecule has 1 aliphatic rings. The van der Waals surface area contributed by atoms with Crippen molar-refractivity contribution in [2.45, 2.75) is 26.4 Å². The first kappa shape index (κ1) is 17.5. The number of pyridine rings is 1. The molecule has 0 aromatic carbocycles. The second-order valence-corrected chi connectivity index (χ2v) is 7.76. The highest BCUT2D eigenvalue weighted by Crippen LogP contribution is 2.18. The average Bonchev–Trinajstić information content (AvgIpc) is 3.01. The van der Waals surface area contributed by atoms with E-state index < -0.39 is 0 Å². The molecule has 130 valence electrons. The van der Waals surface area contributed by atoms with E-state index in [-0.39, 0.29) is 0 Å². The summed E-state index contributed by atoms with van der Waals surface area (Å²) in [7, 11) is 0. The Morgan fingerprint density at radius 2 is 2.08 bits per heavy atom.